The average Bonchev–Trinajstić information content (AvgIpc) is 2.94. The third-order valence-corrected chi connectivity index (χ3v) is 7.97. The van der Waals surface area contributed by atoms with Crippen LogP contribution >= 0.6 is 0 Å². The predicted molar refractivity (Wildman–Crippen MR) is 101 cm³/mol. The van der Waals surface area contributed by atoms with Crippen LogP contribution in [0.1, 0.15) is 58.8 Å². The molecule has 4 aliphatic rings. The Morgan fingerprint density at radius 1 is 1.35 bits per heavy atom. The average molecular weight is 354 g/mol. The highest BCUT2D eigenvalue weighted by Crippen LogP contribution is 2.63. The first-order valence-electron chi connectivity index (χ1n) is 10.2. The van der Waals surface area contributed by atoms with E-state index >= 15 is 0 Å². The molecule has 7 atom stereocenters. The number of aliphatic hydroxyl groups is 1. The number of esters is 1. The Morgan fingerprint density at radius 2 is 2.15 bits per heavy atom. The molecule has 2 fully saturated rings. The zero-order chi connectivity index (χ0) is 18.5. The van der Waals surface area contributed by atoms with Gasteiger partial charge in [-0.15, -0.1) is 6.42 Å². The standard InChI is InChI=1S/C23H30O3/c1-4-22-12-10-19-18-9-7-17(26-15(3)24)14-16(18)6-8-20(19)21(22)11-13-23(22,25)5-2/h2,11,13-14,17-21,25H,4,6-10,12H2,1,3H3/t17-,18-,19+,20+,21-,22-,23-/m0/s1. The van der Waals surface area contributed by atoms with Crippen LogP contribution in [0.15, 0.2) is 23.8 Å². The van der Waals surface area contributed by atoms with Gasteiger partial charge in [0.05, 0.1) is 0 Å². The first-order valence-corrected chi connectivity index (χ1v) is 10.2. The molecule has 3 nitrogen and oxygen atoms in total. The van der Waals surface area contributed by atoms with Gasteiger partial charge in [0.25, 0.3) is 0 Å². The van der Waals surface area contributed by atoms with Gasteiger partial charge in [0, 0.05) is 12.3 Å². The van der Waals surface area contributed by atoms with E-state index in [1.807, 2.05) is 6.08 Å². The molecule has 0 heterocycles. The summed E-state index contributed by atoms with van der Waals surface area (Å²) in [4.78, 5) is 11.3. The van der Waals surface area contributed by atoms with Crippen LogP contribution in [0, 0.1) is 41.4 Å². The predicted octanol–water partition coefficient (Wildman–Crippen LogP) is 4.02. The van der Waals surface area contributed by atoms with Gasteiger partial charge in [-0.25, -0.2) is 0 Å². The van der Waals surface area contributed by atoms with E-state index in [1.54, 1.807) is 0 Å². The quantitative estimate of drug-likeness (QED) is 0.463. The van der Waals surface area contributed by atoms with Crippen molar-refractivity contribution in [1.29, 1.82) is 0 Å². The second kappa shape index (κ2) is 6.27. The van der Waals surface area contributed by atoms with Gasteiger partial charge in [0.1, 0.15) is 11.7 Å². The molecule has 0 radical (unpaired) electrons. The highest BCUT2D eigenvalue weighted by atomic mass is 16.5. The van der Waals surface area contributed by atoms with Crippen molar-refractivity contribution in [2.24, 2.45) is 29.1 Å². The van der Waals surface area contributed by atoms with E-state index in [1.165, 1.54) is 12.5 Å². The molecular formula is C23H30O3. The third-order valence-electron chi connectivity index (χ3n) is 7.97. The molecular weight excluding hydrogens is 324 g/mol. The minimum atomic E-state index is -1.08. The molecule has 0 aromatic carbocycles. The van der Waals surface area contributed by atoms with Gasteiger partial charge in [0.15, 0.2) is 0 Å². The summed E-state index contributed by atoms with van der Waals surface area (Å²) in [5, 5.41) is 11.1. The maximum atomic E-state index is 11.3. The van der Waals surface area contributed by atoms with Gasteiger partial charge in [-0.2, -0.15) is 0 Å². The molecule has 0 aliphatic heterocycles. The van der Waals surface area contributed by atoms with Crippen LogP contribution in [0.3, 0.4) is 0 Å². The summed E-state index contributed by atoms with van der Waals surface area (Å²) in [6, 6.07) is 0. The Balaban J connectivity index is 1.59. The number of carbonyl (C=O) groups excluding carboxylic acids is 1. The second-order valence-electron chi connectivity index (χ2n) is 8.78. The maximum Gasteiger partial charge on any atom is 0.303 e. The molecule has 4 aliphatic carbocycles. The van der Waals surface area contributed by atoms with Crippen LogP contribution in [-0.2, 0) is 9.53 Å². The van der Waals surface area contributed by atoms with Gasteiger partial charge >= 0.3 is 5.97 Å². The Labute approximate surface area is 156 Å². The fourth-order valence-corrected chi connectivity index (χ4v) is 6.80. The zero-order valence-electron chi connectivity index (χ0n) is 15.9. The monoisotopic (exact) mass is 354 g/mol. The molecule has 4 rings (SSSR count). The zero-order valence-corrected chi connectivity index (χ0v) is 15.9. The molecule has 1 N–H and O–H groups in total. The molecule has 0 aromatic heterocycles. The number of hydrogen-bond acceptors (Lipinski definition) is 3. The van der Waals surface area contributed by atoms with Crippen molar-refractivity contribution in [2.45, 2.75) is 70.5 Å². The summed E-state index contributed by atoms with van der Waals surface area (Å²) in [6.45, 7) is 3.67. The largest absolute Gasteiger partial charge is 0.458 e. The van der Waals surface area contributed by atoms with E-state index in [2.05, 4.69) is 25.0 Å². The van der Waals surface area contributed by atoms with E-state index in [0.29, 0.717) is 23.7 Å². The SMILES string of the molecule is C#C[C@]1(O)C=C[C@H]2[C@@H]3CCC4=C[C@@H](OC(C)=O)CC[C@@H]4[C@H]3CC[C@@]21CC. The summed E-state index contributed by atoms with van der Waals surface area (Å²) < 4.78 is 5.44. The van der Waals surface area contributed by atoms with Crippen LogP contribution < -0.4 is 0 Å². The van der Waals surface area contributed by atoms with Crippen LogP contribution in [0.25, 0.3) is 0 Å². The van der Waals surface area contributed by atoms with Gasteiger partial charge in [-0.3, -0.25) is 4.79 Å². The molecule has 0 saturated heterocycles. The Hall–Kier alpha value is -1.53. The topological polar surface area (TPSA) is 46.5 Å². The van der Waals surface area contributed by atoms with E-state index in [-0.39, 0.29) is 17.5 Å². The van der Waals surface area contributed by atoms with E-state index in [0.717, 1.165) is 44.9 Å². The number of rotatable bonds is 2. The lowest BCUT2D eigenvalue weighted by molar-refractivity contribution is -0.145. The van der Waals surface area contributed by atoms with E-state index in [9.17, 15) is 9.90 Å². The number of carbonyl (C=O) groups is 1. The van der Waals surface area contributed by atoms with Gasteiger partial charge < -0.3 is 9.84 Å². The van der Waals surface area contributed by atoms with Crippen molar-refractivity contribution >= 4 is 5.97 Å². The van der Waals surface area contributed by atoms with Crippen molar-refractivity contribution in [1.82, 2.24) is 0 Å². The maximum absolute atomic E-state index is 11.3. The van der Waals surface area contributed by atoms with Gasteiger partial charge in [-0.05, 0) is 80.8 Å². The summed E-state index contributed by atoms with van der Waals surface area (Å²) in [5.74, 6) is 4.81. The van der Waals surface area contributed by atoms with Crippen molar-refractivity contribution in [3.8, 4) is 12.3 Å². The fraction of sp³-hybridized carbons (Fsp3) is 0.696. The lowest BCUT2D eigenvalue weighted by Gasteiger charge is -2.56. The molecule has 0 spiro atoms. The molecule has 0 aromatic rings. The lowest BCUT2D eigenvalue weighted by Crippen LogP contribution is -2.54. The number of fused-ring (bicyclic) bond motifs is 5. The van der Waals surface area contributed by atoms with Crippen molar-refractivity contribution < 1.29 is 14.6 Å². The normalized spacial score (nSPS) is 46.4. The van der Waals surface area contributed by atoms with Crippen LogP contribution in [0.2, 0.25) is 0 Å². The molecule has 2 saturated carbocycles. The van der Waals surface area contributed by atoms with Crippen molar-refractivity contribution in [3.63, 3.8) is 0 Å². The molecule has 0 bridgehead atoms. The number of ether oxygens (including phenoxy) is 1. The molecule has 26 heavy (non-hydrogen) atoms. The van der Waals surface area contributed by atoms with E-state index < -0.39 is 5.60 Å². The first-order chi connectivity index (χ1) is 12.4. The number of allylic oxidation sites excluding steroid dienone is 2. The minimum absolute atomic E-state index is 0.0356. The van der Waals surface area contributed by atoms with Crippen molar-refractivity contribution in [3.05, 3.63) is 23.8 Å². The molecule has 140 valence electrons. The van der Waals surface area contributed by atoms with Crippen LogP contribution in [0.4, 0.5) is 0 Å². The molecule has 3 heteroatoms. The summed E-state index contributed by atoms with van der Waals surface area (Å²) in [6.07, 6.45) is 19.5. The van der Waals surface area contributed by atoms with Gasteiger partial charge in [-0.1, -0.05) is 24.5 Å². The minimum Gasteiger partial charge on any atom is -0.458 e. The van der Waals surface area contributed by atoms with Crippen molar-refractivity contribution in [2.75, 3.05) is 0 Å². The summed E-state index contributed by atoms with van der Waals surface area (Å²) in [7, 11) is 0. The van der Waals surface area contributed by atoms with E-state index in [4.69, 9.17) is 11.2 Å². The van der Waals surface area contributed by atoms with Gasteiger partial charge in [0.2, 0.25) is 0 Å². The lowest BCUT2D eigenvalue weighted by atomic mass is 9.49. The summed E-state index contributed by atoms with van der Waals surface area (Å²) >= 11 is 0. The highest BCUT2D eigenvalue weighted by molar-refractivity contribution is 5.66. The Morgan fingerprint density at radius 3 is 2.85 bits per heavy atom. The first kappa shape index (κ1) is 17.9. The Bertz CT molecular complexity index is 699. The van der Waals surface area contributed by atoms with Crippen LogP contribution in [0.5, 0.6) is 0 Å². The third kappa shape index (κ3) is 2.42. The second-order valence-corrected chi connectivity index (χ2v) is 8.78. The summed E-state index contributed by atoms with van der Waals surface area (Å²) in [5.41, 5.74) is 0.237. The molecule has 0 amide bonds. The highest BCUT2D eigenvalue weighted by Gasteiger charge is 2.61. The molecule has 0 unspecified atom stereocenters. The van der Waals surface area contributed by atoms with Crippen LogP contribution in [-0.4, -0.2) is 22.8 Å². The smallest absolute Gasteiger partial charge is 0.303 e. The fourth-order valence-electron chi connectivity index (χ4n) is 6.80. The Kier molecular flexibility index (Phi) is 4.31. The number of hydrogen-bond donors (Lipinski definition) is 1. The number of terminal acetylenes is 1.